The predicted octanol–water partition coefficient (Wildman–Crippen LogP) is 5.98. The minimum Gasteiger partial charge on any atom is -0.487 e. The van der Waals surface area contributed by atoms with E-state index in [0.29, 0.717) is 35.2 Å². The zero-order valence-corrected chi connectivity index (χ0v) is 19.3. The number of halogens is 1. The Morgan fingerprint density at radius 2 is 1.68 bits per heavy atom. The topological polar surface area (TPSA) is 52.9 Å². The average Bonchev–Trinajstić information content (AvgIpc) is 3.37. The minimum absolute atomic E-state index is 0.00347. The van der Waals surface area contributed by atoms with Crippen molar-refractivity contribution in [1.29, 1.82) is 0 Å². The van der Waals surface area contributed by atoms with Gasteiger partial charge in [-0.3, -0.25) is 0 Å². The third kappa shape index (κ3) is 4.45. The predicted molar refractivity (Wildman–Crippen MR) is 132 cm³/mol. The highest BCUT2D eigenvalue weighted by Crippen LogP contribution is 2.35. The number of carbonyl (C=O) groups excluding carboxylic acids is 1. The van der Waals surface area contributed by atoms with Crippen LogP contribution in [0.3, 0.4) is 0 Å². The summed E-state index contributed by atoms with van der Waals surface area (Å²) in [6, 6.07) is 24.4. The van der Waals surface area contributed by atoms with Crippen molar-refractivity contribution in [1.82, 2.24) is 4.57 Å². The van der Waals surface area contributed by atoms with E-state index in [1.165, 1.54) is 7.11 Å². The molecule has 0 spiro atoms. The Morgan fingerprint density at radius 1 is 0.912 bits per heavy atom. The molecule has 0 saturated carbocycles. The third-order valence-corrected chi connectivity index (χ3v) is 5.94. The van der Waals surface area contributed by atoms with Gasteiger partial charge in [0.15, 0.2) is 0 Å². The van der Waals surface area contributed by atoms with Gasteiger partial charge >= 0.3 is 5.97 Å². The number of ether oxygens (including phenoxy) is 3. The lowest BCUT2D eigenvalue weighted by Gasteiger charge is -2.41. The maximum atomic E-state index is 12.4. The van der Waals surface area contributed by atoms with Crippen molar-refractivity contribution in [3.05, 3.63) is 102 Å². The van der Waals surface area contributed by atoms with Crippen LogP contribution in [0.15, 0.2) is 91.3 Å². The zero-order valence-electron chi connectivity index (χ0n) is 18.6. The van der Waals surface area contributed by atoms with Crippen LogP contribution in [0.25, 0.3) is 5.69 Å². The van der Waals surface area contributed by atoms with E-state index >= 15 is 0 Å². The van der Waals surface area contributed by atoms with E-state index in [4.69, 9.17) is 25.8 Å². The Balaban J connectivity index is 1.28. The monoisotopic (exact) mass is 474 g/mol. The molecule has 1 aliphatic heterocycles. The maximum absolute atomic E-state index is 12.4. The van der Waals surface area contributed by atoms with Crippen molar-refractivity contribution in [3.63, 3.8) is 0 Å². The standard InChI is InChI=1S/C27H23ClN2O4/c1-32-27(31)22-10-7-11-24(26(22)29-14-5-6-15-29)30-17-21(18-30)33-20-12-13-25(23(28)16-20)34-19-8-3-2-4-9-19/h2-16,21H,17-18H2,1H3. The van der Waals surface area contributed by atoms with Crippen LogP contribution in [0.1, 0.15) is 10.4 Å². The van der Waals surface area contributed by atoms with Gasteiger partial charge in [-0.05, 0) is 48.5 Å². The number of methoxy groups -OCH3 is 1. The first-order chi connectivity index (χ1) is 16.6. The number of hydrogen-bond acceptors (Lipinski definition) is 5. The Bertz CT molecular complexity index is 1290. The van der Waals surface area contributed by atoms with E-state index in [0.717, 1.165) is 17.1 Å². The summed E-state index contributed by atoms with van der Waals surface area (Å²) in [5.74, 6) is 1.61. The molecule has 0 N–H and O–H groups in total. The maximum Gasteiger partial charge on any atom is 0.340 e. The highest BCUT2D eigenvalue weighted by atomic mass is 35.5. The first-order valence-electron chi connectivity index (χ1n) is 10.9. The van der Waals surface area contributed by atoms with Crippen molar-refractivity contribution in [2.45, 2.75) is 6.10 Å². The number of aromatic nitrogens is 1. The first kappa shape index (κ1) is 21.9. The summed E-state index contributed by atoms with van der Waals surface area (Å²) in [4.78, 5) is 14.6. The molecule has 2 heterocycles. The number of rotatable bonds is 7. The van der Waals surface area contributed by atoms with Gasteiger partial charge in [-0.25, -0.2) is 4.79 Å². The molecule has 4 aromatic rings. The fourth-order valence-corrected chi connectivity index (χ4v) is 4.18. The molecule has 1 saturated heterocycles. The summed E-state index contributed by atoms with van der Waals surface area (Å²) in [6.45, 7) is 1.36. The van der Waals surface area contributed by atoms with E-state index in [-0.39, 0.29) is 12.1 Å². The van der Waals surface area contributed by atoms with Gasteiger partial charge in [-0.15, -0.1) is 0 Å². The molecular weight excluding hydrogens is 452 g/mol. The number of hydrogen-bond donors (Lipinski definition) is 0. The lowest BCUT2D eigenvalue weighted by atomic mass is 10.1. The lowest BCUT2D eigenvalue weighted by molar-refractivity contribution is 0.0600. The highest BCUT2D eigenvalue weighted by molar-refractivity contribution is 6.32. The molecule has 0 unspecified atom stereocenters. The van der Waals surface area contributed by atoms with Crippen LogP contribution >= 0.6 is 11.6 Å². The van der Waals surface area contributed by atoms with Crippen molar-refractivity contribution in [3.8, 4) is 22.9 Å². The van der Waals surface area contributed by atoms with E-state index in [1.807, 2.05) is 83.7 Å². The molecule has 5 rings (SSSR count). The SMILES string of the molecule is COC(=O)c1cccc(N2CC(Oc3ccc(Oc4ccccc4)c(Cl)c3)C2)c1-n1cccc1. The Kier molecular flexibility index (Phi) is 6.14. The Hall–Kier alpha value is -3.90. The summed E-state index contributed by atoms with van der Waals surface area (Å²) < 4.78 is 18.9. The van der Waals surface area contributed by atoms with Crippen LogP contribution in [0, 0.1) is 0 Å². The molecule has 0 bridgehead atoms. The molecule has 1 aliphatic rings. The smallest absolute Gasteiger partial charge is 0.340 e. The third-order valence-electron chi connectivity index (χ3n) is 5.65. The van der Waals surface area contributed by atoms with Gasteiger partial charge in [0.2, 0.25) is 0 Å². The first-order valence-corrected chi connectivity index (χ1v) is 11.3. The lowest BCUT2D eigenvalue weighted by Crippen LogP contribution is -2.54. The Labute approximate surface area is 202 Å². The summed E-state index contributed by atoms with van der Waals surface area (Å²) >= 11 is 6.43. The van der Waals surface area contributed by atoms with Gasteiger partial charge in [-0.1, -0.05) is 35.9 Å². The molecule has 7 heteroatoms. The summed E-state index contributed by atoms with van der Waals surface area (Å²) in [5.41, 5.74) is 2.26. The van der Waals surface area contributed by atoms with Gasteiger partial charge in [0.25, 0.3) is 0 Å². The van der Waals surface area contributed by atoms with E-state index in [2.05, 4.69) is 4.90 Å². The number of nitrogens with zero attached hydrogens (tertiary/aromatic N) is 2. The number of para-hydroxylation sites is 2. The fraction of sp³-hybridized carbons (Fsp3) is 0.148. The molecule has 34 heavy (non-hydrogen) atoms. The van der Waals surface area contributed by atoms with Crippen LogP contribution in [0.5, 0.6) is 17.2 Å². The van der Waals surface area contributed by atoms with Gasteiger partial charge in [0, 0.05) is 18.5 Å². The number of anilines is 1. The quantitative estimate of drug-likeness (QED) is 0.308. The molecule has 1 fully saturated rings. The second-order valence-electron chi connectivity index (χ2n) is 7.91. The molecule has 172 valence electrons. The van der Waals surface area contributed by atoms with E-state index in [1.54, 1.807) is 12.1 Å². The molecule has 0 amide bonds. The summed E-state index contributed by atoms with van der Waals surface area (Å²) in [6.07, 6.45) is 3.83. The Morgan fingerprint density at radius 3 is 2.38 bits per heavy atom. The van der Waals surface area contributed by atoms with Crippen molar-refractivity contribution >= 4 is 23.3 Å². The molecule has 3 aromatic carbocycles. The van der Waals surface area contributed by atoms with Crippen LogP contribution in [-0.2, 0) is 4.74 Å². The average molecular weight is 475 g/mol. The second kappa shape index (κ2) is 9.53. The second-order valence-corrected chi connectivity index (χ2v) is 8.31. The summed E-state index contributed by atoms with van der Waals surface area (Å²) in [5, 5.41) is 0.484. The van der Waals surface area contributed by atoms with Crippen molar-refractivity contribution < 1.29 is 19.0 Å². The number of esters is 1. The highest BCUT2D eigenvalue weighted by Gasteiger charge is 2.32. The normalized spacial score (nSPS) is 13.3. The van der Waals surface area contributed by atoms with Crippen molar-refractivity contribution in [2.75, 3.05) is 25.1 Å². The van der Waals surface area contributed by atoms with E-state index in [9.17, 15) is 4.79 Å². The zero-order chi connectivity index (χ0) is 23.5. The molecule has 0 aliphatic carbocycles. The van der Waals surface area contributed by atoms with Crippen molar-refractivity contribution in [2.24, 2.45) is 0 Å². The summed E-state index contributed by atoms with van der Waals surface area (Å²) in [7, 11) is 1.39. The number of benzene rings is 3. The molecule has 1 aromatic heterocycles. The largest absolute Gasteiger partial charge is 0.487 e. The molecular formula is C27H23ClN2O4. The minimum atomic E-state index is -0.369. The van der Waals surface area contributed by atoms with Gasteiger partial charge < -0.3 is 23.7 Å². The molecule has 6 nitrogen and oxygen atoms in total. The van der Waals surface area contributed by atoms with E-state index < -0.39 is 0 Å². The van der Waals surface area contributed by atoms with Crippen LogP contribution in [0.4, 0.5) is 5.69 Å². The fourth-order valence-electron chi connectivity index (χ4n) is 3.97. The van der Waals surface area contributed by atoms with Crippen LogP contribution < -0.4 is 14.4 Å². The van der Waals surface area contributed by atoms with Gasteiger partial charge in [-0.2, -0.15) is 0 Å². The van der Waals surface area contributed by atoms with Crippen LogP contribution in [0.2, 0.25) is 5.02 Å². The molecule has 0 radical (unpaired) electrons. The van der Waals surface area contributed by atoms with Gasteiger partial charge in [0.05, 0.1) is 42.2 Å². The van der Waals surface area contributed by atoms with Crippen LogP contribution in [-0.4, -0.2) is 36.8 Å². The van der Waals surface area contributed by atoms with Gasteiger partial charge in [0.1, 0.15) is 23.4 Å². The number of carbonyl (C=O) groups is 1. The molecule has 0 atom stereocenters.